The Hall–Kier alpha value is -1.61. The van der Waals surface area contributed by atoms with Crippen molar-refractivity contribution >= 4 is 23.2 Å². The molecule has 1 aliphatic heterocycles. The van der Waals surface area contributed by atoms with E-state index in [2.05, 4.69) is 5.32 Å². The number of thiophene rings is 1. The first-order chi connectivity index (χ1) is 11.2. The van der Waals surface area contributed by atoms with Crippen LogP contribution in [0.15, 0.2) is 17.5 Å². The van der Waals surface area contributed by atoms with E-state index >= 15 is 0 Å². The van der Waals surface area contributed by atoms with E-state index in [1.165, 1.54) is 0 Å². The first kappa shape index (κ1) is 18.7. The van der Waals surface area contributed by atoms with Gasteiger partial charge >= 0.3 is 6.18 Å². The van der Waals surface area contributed by atoms with Gasteiger partial charge in [-0.25, -0.2) is 0 Å². The van der Waals surface area contributed by atoms with Crippen molar-refractivity contribution in [3.8, 4) is 0 Å². The molecule has 0 unspecified atom stereocenters. The van der Waals surface area contributed by atoms with Gasteiger partial charge < -0.3 is 15.1 Å². The highest BCUT2D eigenvalue weighted by Gasteiger charge is 2.40. The summed E-state index contributed by atoms with van der Waals surface area (Å²) in [4.78, 5) is 27.6. The van der Waals surface area contributed by atoms with E-state index in [0.29, 0.717) is 11.4 Å². The zero-order valence-electron chi connectivity index (χ0n) is 13.5. The lowest BCUT2D eigenvalue weighted by atomic mass is 10.1. The maximum absolute atomic E-state index is 12.4. The molecule has 0 radical (unpaired) electrons. The van der Waals surface area contributed by atoms with Gasteiger partial charge in [-0.3, -0.25) is 9.59 Å². The Morgan fingerprint density at radius 1 is 1.50 bits per heavy atom. The molecular weight excluding hydrogens is 343 g/mol. The molecule has 0 bridgehead atoms. The summed E-state index contributed by atoms with van der Waals surface area (Å²) >= 11 is 1.57. The van der Waals surface area contributed by atoms with Crippen LogP contribution < -0.4 is 5.32 Å². The Morgan fingerprint density at radius 2 is 2.21 bits per heavy atom. The zero-order valence-corrected chi connectivity index (χ0v) is 14.3. The summed E-state index contributed by atoms with van der Waals surface area (Å²) < 4.78 is 37.2. The first-order valence-electron chi connectivity index (χ1n) is 7.49. The SMILES string of the molecule is CN(C)[C@H](CNC(=O)[C@@H]1CC(=O)N(CC(F)(F)F)C1)c1cccs1. The lowest BCUT2D eigenvalue weighted by molar-refractivity contribution is -0.157. The number of nitrogens with zero attached hydrogens (tertiary/aromatic N) is 2. The maximum Gasteiger partial charge on any atom is 0.406 e. The number of carbonyl (C=O) groups is 2. The largest absolute Gasteiger partial charge is 0.406 e. The summed E-state index contributed by atoms with van der Waals surface area (Å²) in [6.45, 7) is -1.14. The fraction of sp³-hybridized carbons (Fsp3) is 0.600. The number of nitrogens with one attached hydrogen (secondary N) is 1. The standard InChI is InChI=1S/C15H20F3N3O2S/c1-20(2)11(12-4-3-5-24-12)7-19-14(23)10-6-13(22)21(8-10)9-15(16,17)18/h3-5,10-11H,6-9H2,1-2H3,(H,19,23)/t10-,11-/m1/s1. The van der Waals surface area contributed by atoms with Crippen LogP contribution in [0.2, 0.25) is 0 Å². The lowest BCUT2D eigenvalue weighted by Gasteiger charge is -2.24. The molecule has 1 fully saturated rings. The molecule has 1 aromatic heterocycles. The molecule has 9 heteroatoms. The smallest absolute Gasteiger partial charge is 0.354 e. The van der Waals surface area contributed by atoms with Gasteiger partial charge in [0, 0.05) is 24.4 Å². The Bertz CT molecular complexity index is 575. The Balaban J connectivity index is 1.90. The molecule has 24 heavy (non-hydrogen) atoms. The van der Waals surface area contributed by atoms with Crippen molar-refractivity contribution < 1.29 is 22.8 Å². The van der Waals surface area contributed by atoms with E-state index in [1.54, 1.807) is 11.3 Å². The minimum atomic E-state index is -4.45. The molecule has 1 aliphatic rings. The minimum absolute atomic E-state index is 0.0164. The summed E-state index contributed by atoms with van der Waals surface area (Å²) in [6.07, 6.45) is -4.62. The molecule has 2 rings (SSSR count). The van der Waals surface area contributed by atoms with E-state index in [4.69, 9.17) is 0 Å². The highest BCUT2D eigenvalue weighted by atomic mass is 32.1. The second kappa shape index (κ2) is 7.52. The number of alkyl halides is 3. The van der Waals surface area contributed by atoms with Gasteiger partial charge in [-0.15, -0.1) is 11.3 Å². The van der Waals surface area contributed by atoms with Crippen LogP contribution in [-0.2, 0) is 9.59 Å². The van der Waals surface area contributed by atoms with Crippen molar-refractivity contribution in [2.75, 3.05) is 33.7 Å². The molecule has 2 heterocycles. The van der Waals surface area contributed by atoms with Crippen LogP contribution in [0.25, 0.3) is 0 Å². The summed E-state index contributed by atoms with van der Waals surface area (Å²) in [7, 11) is 3.78. The lowest BCUT2D eigenvalue weighted by Crippen LogP contribution is -2.39. The van der Waals surface area contributed by atoms with Gasteiger partial charge in [-0.2, -0.15) is 13.2 Å². The van der Waals surface area contributed by atoms with Crippen molar-refractivity contribution in [1.29, 1.82) is 0 Å². The number of likely N-dealkylation sites (N-methyl/N-ethyl adjacent to an activating group) is 1. The second-order valence-corrected chi connectivity index (χ2v) is 7.01. The maximum atomic E-state index is 12.4. The van der Waals surface area contributed by atoms with Crippen molar-refractivity contribution in [3.05, 3.63) is 22.4 Å². The third kappa shape index (κ3) is 4.94. The molecule has 0 saturated carbocycles. The summed E-state index contributed by atoms with van der Waals surface area (Å²) in [5.41, 5.74) is 0. The topological polar surface area (TPSA) is 52.7 Å². The van der Waals surface area contributed by atoms with E-state index < -0.39 is 24.5 Å². The van der Waals surface area contributed by atoms with Crippen LogP contribution >= 0.6 is 11.3 Å². The average molecular weight is 363 g/mol. The van der Waals surface area contributed by atoms with E-state index in [1.807, 2.05) is 36.5 Å². The fourth-order valence-electron chi connectivity index (χ4n) is 2.68. The third-order valence-corrected chi connectivity index (χ3v) is 4.89. The highest BCUT2D eigenvalue weighted by molar-refractivity contribution is 7.10. The number of amides is 2. The monoisotopic (exact) mass is 363 g/mol. The Morgan fingerprint density at radius 3 is 2.75 bits per heavy atom. The van der Waals surface area contributed by atoms with Crippen LogP contribution in [0.5, 0.6) is 0 Å². The summed E-state index contributed by atoms with van der Waals surface area (Å²) in [5, 5.41) is 4.71. The first-order valence-corrected chi connectivity index (χ1v) is 8.37. The van der Waals surface area contributed by atoms with Gasteiger partial charge in [0.25, 0.3) is 0 Å². The van der Waals surface area contributed by atoms with Gasteiger partial charge in [0.2, 0.25) is 11.8 Å². The predicted molar refractivity (Wildman–Crippen MR) is 84.5 cm³/mol. The molecule has 0 spiro atoms. The quantitative estimate of drug-likeness (QED) is 0.840. The van der Waals surface area contributed by atoms with Gasteiger partial charge in [-0.05, 0) is 25.5 Å². The second-order valence-electron chi connectivity index (χ2n) is 6.03. The normalized spacial score (nSPS) is 19.8. The van der Waals surface area contributed by atoms with Gasteiger partial charge in [0.15, 0.2) is 0 Å². The number of hydrogen-bond acceptors (Lipinski definition) is 4. The zero-order chi connectivity index (χ0) is 17.9. The van der Waals surface area contributed by atoms with Crippen LogP contribution in [-0.4, -0.2) is 61.5 Å². The predicted octanol–water partition coefficient (Wildman–Crippen LogP) is 1.88. The fourth-order valence-corrected chi connectivity index (χ4v) is 3.60. The number of carbonyl (C=O) groups excluding carboxylic acids is 2. The molecule has 1 N–H and O–H groups in total. The molecule has 2 amide bonds. The summed E-state index contributed by atoms with van der Waals surface area (Å²) in [5.74, 6) is -1.74. The molecule has 1 saturated heterocycles. The van der Waals surface area contributed by atoms with Crippen molar-refractivity contribution in [3.63, 3.8) is 0 Å². The number of rotatable bonds is 6. The van der Waals surface area contributed by atoms with E-state index in [0.717, 1.165) is 4.88 Å². The van der Waals surface area contributed by atoms with Crippen LogP contribution in [0, 0.1) is 5.92 Å². The van der Waals surface area contributed by atoms with E-state index in [-0.39, 0.29) is 24.9 Å². The third-order valence-electron chi connectivity index (χ3n) is 3.92. The van der Waals surface area contributed by atoms with Gasteiger partial charge in [0.1, 0.15) is 6.54 Å². The minimum Gasteiger partial charge on any atom is -0.354 e. The van der Waals surface area contributed by atoms with E-state index in [9.17, 15) is 22.8 Å². The Kier molecular flexibility index (Phi) is 5.87. The van der Waals surface area contributed by atoms with Crippen LogP contribution in [0.1, 0.15) is 17.3 Å². The van der Waals surface area contributed by atoms with Crippen molar-refractivity contribution in [2.24, 2.45) is 5.92 Å². The van der Waals surface area contributed by atoms with Gasteiger partial charge in [0.05, 0.1) is 12.0 Å². The van der Waals surface area contributed by atoms with Crippen LogP contribution in [0.3, 0.4) is 0 Å². The molecule has 2 atom stereocenters. The van der Waals surface area contributed by atoms with Crippen molar-refractivity contribution in [1.82, 2.24) is 15.1 Å². The molecule has 134 valence electrons. The Labute approximate surface area is 142 Å². The summed E-state index contributed by atoms with van der Waals surface area (Å²) in [6, 6.07) is 3.87. The highest BCUT2D eigenvalue weighted by Crippen LogP contribution is 2.25. The molecule has 0 aliphatic carbocycles. The molecule has 1 aromatic rings. The van der Waals surface area contributed by atoms with Gasteiger partial charge in [-0.1, -0.05) is 6.07 Å². The number of hydrogen-bond donors (Lipinski definition) is 1. The average Bonchev–Trinajstić information content (AvgIpc) is 3.08. The number of halogens is 3. The van der Waals surface area contributed by atoms with Crippen molar-refractivity contribution in [2.45, 2.75) is 18.6 Å². The molecular formula is C15H20F3N3O2S. The molecule has 0 aromatic carbocycles. The number of likely N-dealkylation sites (tertiary alicyclic amines) is 1. The molecule has 5 nitrogen and oxygen atoms in total. The van der Waals surface area contributed by atoms with Crippen LogP contribution in [0.4, 0.5) is 13.2 Å².